The number of benzene rings is 1. The Balaban J connectivity index is 2.77. The Morgan fingerprint density at radius 2 is 2.21 bits per heavy atom. The summed E-state index contributed by atoms with van der Waals surface area (Å²) < 4.78 is 13.0. The number of rotatable bonds is 3. The molecular weight excluding hydrogens is 246 g/mol. The SMILES string of the molecule is [2H][C@@](N)(Cc1ccc(Br)cc1)C(=O)OC. The van der Waals surface area contributed by atoms with E-state index < -0.39 is 12.0 Å². The highest BCUT2D eigenvalue weighted by Gasteiger charge is 2.13. The van der Waals surface area contributed by atoms with E-state index in [0.29, 0.717) is 0 Å². The van der Waals surface area contributed by atoms with Crippen LogP contribution in [0.25, 0.3) is 0 Å². The third kappa shape index (κ3) is 3.12. The number of ether oxygens (including phenoxy) is 1. The molecule has 0 heterocycles. The summed E-state index contributed by atoms with van der Waals surface area (Å²) in [6, 6.07) is 5.57. The molecule has 1 aromatic rings. The van der Waals surface area contributed by atoms with Crippen molar-refractivity contribution in [2.24, 2.45) is 5.73 Å². The zero-order valence-corrected chi connectivity index (χ0v) is 9.37. The summed E-state index contributed by atoms with van der Waals surface area (Å²) in [7, 11) is 1.22. The predicted octanol–water partition coefficient (Wildman–Crippen LogP) is 1.49. The van der Waals surface area contributed by atoms with Gasteiger partial charge in [0.15, 0.2) is 0 Å². The second-order valence-corrected chi connectivity index (χ2v) is 3.74. The van der Waals surface area contributed by atoms with Gasteiger partial charge in [-0.3, -0.25) is 4.79 Å². The van der Waals surface area contributed by atoms with Crippen LogP contribution in [-0.2, 0) is 16.0 Å². The second-order valence-electron chi connectivity index (χ2n) is 2.82. The molecule has 0 bridgehead atoms. The van der Waals surface area contributed by atoms with Crippen LogP contribution in [0, 0.1) is 0 Å². The molecule has 1 aromatic carbocycles. The van der Waals surface area contributed by atoms with E-state index in [4.69, 9.17) is 7.10 Å². The van der Waals surface area contributed by atoms with Crippen molar-refractivity contribution in [3.8, 4) is 0 Å². The van der Waals surface area contributed by atoms with E-state index in [-0.39, 0.29) is 6.42 Å². The first-order chi connectivity index (χ1) is 6.95. The van der Waals surface area contributed by atoms with Gasteiger partial charge in [-0.05, 0) is 24.1 Å². The number of methoxy groups -OCH3 is 1. The van der Waals surface area contributed by atoms with Gasteiger partial charge in [0.05, 0.1) is 8.48 Å². The van der Waals surface area contributed by atoms with Crippen LogP contribution >= 0.6 is 15.9 Å². The molecule has 0 fully saturated rings. The maximum absolute atomic E-state index is 11.2. The summed E-state index contributed by atoms with van der Waals surface area (Å²) in [4.78, 5) is 11.2. The van der Waals surface area contributed by atoms with Crippen LogP contribution in [0.3, 0.4) is 0 Å². The predicted molar refractivity (Wildman–Crippen MR) is 57.8 cm³/mol. The lowest BCUT2D eigenvalue weighted by Gasteiger charge is -2.08. The molecule has 0 aliphatic carbocycles. The number of esters is 1. The average molecular weight is 259 g/mol. The highest BCUT2D eigenvalue weighted by atomic mass is 79.9. The normalized spacial score (nSPS) is 15.5. The van der Waals surface area contributed by atoms with Crippen molar-refractivity contribution in [2.45, 2.75) is 12.4 Å². The van der Waals surface area contributed by atoms with E-state index in [1.54, 1.807) is 0 Å². The lowest BCUT2D eigenvalue weighted by Crippen LogP contribution is -2.33. The number of hydrogen-bond donors (Lipinski definition) is 1. The molecular formula is C10H12BrNO2. The molecule has 1 rings (SSSR count). The molecule has 0 radical (unpaired) electrons. The molecule has 0 aliphatic heterocycles. The maximum Gasteiger partial charge on any atom is 0.322 e. The maximum atomic E-state index is 11.2. The summed E-state index contributed by atoms with van der Waals surface area (Å²) >= 11 is 3.30. The molecule has 0 unspecified atom stereocenters. The number of halogens is 1. The largest absolute Gasteiger partial charge is 0.468 e. The van der Waals surface area contributed by atoms with Gasteiger partial charge < -0.3 is 10.5 Å². The number of nitrogens with two attached hydrogens (primary N) is 1. The first-order valence-electron chi connectivity index (χ1n) is 4.57. The minimum atomic E-state index is -1.72. The summed E-state index contributed by atoms with van der Waals surface area (Å²) in [5, 5.41) is 0. The lowest BCUT2D eigenvalue weighted by atomic mass is 10.1. The Hall–Kier alpha value is -0.870. The zero-order valence-electron chi connectivity index (χ0n) is 8.79. The summed E-state index contributed by atoms with van der Waals surface area (Å²) in [5.41, 5.74) is 6.34. The molecule has 0 saturated carbocycles. The van der Waals surface area contributed by atoms with Crippen molar-refractivity contribution in [1.29, 1.82) is 0 Å². The first kappa shape index (κ1) is 9.68. The van der Waals surface area contributed by atoms with Crippen LogP contribution in [0.5, 0.6) is 0 Å². The molecule has 0 spiro atoms. The molecule has 0 aliphatic rings. The Bertz CT molecular complexity index is 351. The van der Waals surface area contributed by atoms with Crippen molar-refractivity contribution in [2.75, 3.05) is 7.11 Å². The summed E-state index contributed by atoms with van der Waals surface area (Å²) in [6.07, 6.45) is 0.132. The van der Waals surface area contributed by atoms with Crippen molar-refractivity contribution >= 4 is 21.9 Å². The van der Waals surface area contributed by atoms with Crippen LogP contribution in [0.4, 0.5) is 0 Å². The van der Waals surface area contributed by atoms with Crippen LogP contribution in [-0.4, -0.2) is 19.1 Å². The van der Waals surface area contributed by atoms with E-state index in [9.17, 15) is 4.79 Å². The van der Waals surface area contributed by atoms with Gasteiger partial charge in [-0.2, -0.15) is 0 Å². The monoisotopic (exact) mass is 258 g/mol. The fourth-order valence-corrected chi connectivity index (χ4v) is 1.29. The van der Waals surface area contributed by atoms with Crippen molar-refractivity contribution in [3.05, 3.63) is 34.3 Å². The number of hydrogen-bond acceptors (Lipinski definition) is 3. The van der Waals surface area contributed by atoms with Gasteiger partial charge in [-0.25, -0.2) is 0 Å². The molecule has 2 N–H and O–H groups in total. The summed E-state index contributed by atoms with van der Waals surface area (Å²) in [5.74, 6) is -0.731. The van der Waals surface area contributed by atoms with Crippen molar-refractivity contribution in [3.63, 3.8) is 0 Å². The molecule has 14 heavy (non-hydrogen) atoms. The second kappa shape index (κ2) is 5.12. The lowest BCUT2D eigenvalue weighted by molar-refractivity contribution is -0.142. The third-order valence-electron chi connectivity index (χ3n) is 1.76. The minimum absolute atomic E-state index is 0.132. The smallest absolute Gasteiger partial charge is 0.322 e. The molecule has 3 nitrogen and oxygen atoms in total. The van der Waals surface area contributed by atoms with Crippen LogP contribution in [0.2, 0.25) is 0 Å². The topological polar surface area (TPSA) is 52.3 Å². The van der Waals surface area contributed by atoms with Gasteiger partial charge in [0, 0.05) is 4.47 Å². The average Bonchev–Trinajstić information content (AvgIpc) is 2.20. The van der Waals surface area contributed by atoms with Crippen LogP contribution in [0.15, 0.2) is 28.7 Å². The number of carbonyl (C=O) groups is 1. The molecule has 0 aromatic heterocycles. The van der Waals surface area contributed by atoms with Crippen molar-refractivity contribution < 1.29 is 10.9 Å². The van der Waals surface area contributed by atoms with Crippen molar-refractivity contribution in [1.82, 2.24) is 0 Å². The highest BCUT2D eigenvalue weighted by Crippen LogP contribution is 2.11. The molecule has 1 atom stereocenters. The molecule has 0 saturated heterocycles. The van der Waals surface area contributed by atoms with Gasteiger partial charge in [0.25, 0.3) is 0 Å². The van der Waals surface area contributed by atoms with Crippen LogP contribution in [0.1, 0.15) is 6.93 Å². The van der Waals surface area contributed by atoms with Gasteiger partial charge in [-0.15, -0.1) is 0 Å². The summed E-state index contributed by atoms with van der Waals surface area (Å²) in [6.45, 7) is 0. The van der Waals surface area contributed by atoms with E-state index in [0.717, 1.165) is 10.0 Å². The molecule has 76 valence electrons. The van der Waals surface area contributed by atoms with Gasteiger partial charge >= 0.3 is 5.97 Å². The van der Waals surface area contributed by atoms with Gasteiger partial charge in [0.1, 0.15) is 6.02 Å². The standard InChI is InChI=1S/C10H12BrNO2/c1-14-10(13)9(12)6-7-2-4-8(11)5-3-7/h2-5,9H,6,12H2,1H3/t9-/m1/s1/i9D. The Morgan fingerprint density at radius 3 is 2.71 bits per heavy atom. The quantitative estimate of drug-likeness (QED) is 0.837. The first-order valence-corrected chi connectivity index (χ1v) is 4.87. The molecule has 4 heteroatoms. The Morgan fingerprint density at radius 1 is 1.64 bits per heavy atom. The van der Waals surface area contributed by atoms with E-state index in [2.05, 4.69) is 20.7 Å². The zero-order chi connectivity index (χ0) is 11.5. The fraction of sp³-hybridized carbons (Fsp3) is 0.300. The third-order valence-corrected chi connectivity index (χ3v) is 2.28. The minimum Gasteiger partial charge on any atom is -0.468 e. The van der Waals surface area contributed by atoms with Gasteiger partial charge in [-0.1, -0.05) is 28.1 Å². The highest BCUT2D eigenvalue weighted by molar-refractivity contribution is 9.10. The van der Waals surface area contributed by atoms with E-state index >= 15 is 0 Å². The number of carbonyl (C=O) groups excluding carboxylic acids is 1. The van der Waals surface area contributed by atoms with E-state index in [1.165, 1.54) is 7.11 Å². The fourth-order valence-electron chi connectivity index (χ4n) is 1.03. The Kier molecular flexibility index (Phi) is 3.54. The van der Waals surface area contributed by atoms with Gasteiger partial charge in [0.2, 0.25) is 0 Å². The molecule has 0 amide bonds. The Labute approximate surface area is 92.8 Å². The van der Waals surface area contributed by atoms with E-state index in [1.807, 2.05) is 24.3 Å². The van der Waals surface area contributed by atoms with Crippen LogP contribution < -0.4 is 5.73 Å².